The highest BCUT2D eigenvalue weighted by molar-refractivity contribution is 6.39. The molecule has 35 heavy (non-hydrogen) atoms. The summed E-state index contributed by atoms with van der Waals surface area (Å²) in [5, 5.41) is 2.34. The number of carbonyl (C=O) groups is 3. The second-order valence-electron chi connectivity index (χ2n) is 10.9. The Morgan fingerprint density at radius 2 is 1.69 bits per heavy atom. The molecule has 2 aliphatic rings. The van der Waals surface area contributed by atoms with E-state index in [9.17, 15) is 14.4 Å². The third kappa shape index (κ3) is 4.26. The number of nitrogens with one attached hydrogen (secondary N) is 1. The Morgan fingerprint density at radius 3 is 2.31 bits per heavy atom. The van der Waals surface area contributed by atoms with Gasteiger partial charge in [0, 0.05) is 17.3 Å². The fourth-order valence-electron chi connectivity index (χ4n) is 5.66. The molecule has 0 aromatic heterocycles. The van der Waals surface area contributed by atoms with Crippen molar-refractivity contribution in [1.82, 2.24) is 5.32 Å². The fourth-order valence-corrected chi connectivity index (χ4v) is 5.66. The molecule has 1 saturated heterocycles. The summed E-state index contributed by atoms with van der Waals surface area (Å²) in [4.78, 5) is 42.3. The average Bonchev–Trinajstić information content (AvgIpc) is 2.73. The summed E-state index contributed by atoms with van der Waals surface area (Å²) < 4.78 is 0. The molecule has 0 bridgehead atoms. The van der Waals surface area contributed by atoms with Crippen LogP contribution in [0.2, 0.25) is 0 Å². The summed E-state index contributed by atoms with van der Waals surface area (Å²) in [6, 6.07) is 9.24. The zero-order valence-corrected chi connectivity index (χ0v) is 21.9. The first kappa shape index (κ1) is 24.7. The smallest absolute Gasteiger partial charge is 0.335 e. The third-order valence-electron chi connectivity index (χ3n) is 7.33. The van der Waals surface area contributed by atoms with Gasteiger partial charge in [-0.1, -0.05) is 13.0 Å². The largest absolute Gasteiger partial charge is 0.364 e. The van der Waals surface area contributed by atoms with Gasteiger partial charge in [-0.3, -0.25) is 14.9 Å². The van der Waals surface area contributed by atoms with Gasteiger partial charge in [0.2, 0.25) is 0 Å². The van der Waals surface area contributed by atoms with E-state index in [4.69, 9.17) is 0 Å². The number of fused-ring (bicyclic) bond motifs is 1. The number of hydrogen-bond donors (Lipinski definition) is 1. The number of amides is 4. The molecule has 1 unspecified atom stereocenters. The lowest BCUT2D eigenvalue weighted by molar-refractivity contribution is -0.122. The molecule has 2 aromatic carbocycles. The molecule has 0 aliphatic carbocycles. The molecule has 2 heterocycles. The monoisotopic (exact) mass is 473 g/mol. The molecule has 1 atom stereocenters. The maximum Gasteiger partial charge on any atom is 0.335 e. The van der Waals surface area contributed by atoms with Crippen LogP contribution in [0.15, 0.2) is 35.9 Å². The summed E-state index contributed by atoms with van der Waals surface area (Å²) >= 11 is 0. The first-order valence-electron chi connectivity index (χ1n) is 12.2. The summed E-state index contributed by atoms with van der Waals surface area (Å²) in [5.74, 6) is -0.954. The highest BCUT2D eigenvalue weighted by atomic mass is 16.2. The number of carbonyl (C=O) groups excluding carboxylic acids is 3. The van der Waals surface area contributed by atoms with Crippen molar-refractivity contribution >= 4 is 35.3 Å². The number of aryl methyl sites for hydroxylation is 3. The standard InChI is InChI=1S/C29H35N3O3/c1-16(2)32-25-12-19(5)21(13-23(25)20(6)15-29(32,7)8)14-24-26(33)30-28(35)31(27(24)34)22-10-9-17(3)18(4)11-22/h9-14,16,20H,15H2,1-8H3,(H,30,33,35)/b24-14+. The predicted molar refractivity (Wildman–Crippen MR) is 141 cm³/mol. The normalized spacial score (nSPS) is 21.0. The Bertz CT molecular complexity index is 1270. The second kappa shape index (κ2) is 8.67. The Kier molecular flexibility index (Phi) is 6.12. The number of rotatable bonds is 3. The van der Waals surface area contributed by atoms with Gasteiger partial charge in [0.05, 0.1) is 5.69 Å². The van der Waals surface area contributed by atoms with Crippen molar-refractivity contribution in [1.29, 1.82) is 0 Å². The molecule has 0 spiro atoms. The van der Waals surface area contributed by atoms with Gasteiger partial charge >= 0.3 is 6.03 Å². The van der Waals surface area contributed by atoms with Crippen molar-refractivity contribution in [3.63, 3.8) is 0 Å². The number of anilines is 2. The highest BCUT2D eigenvalue weighted by Crippen LogP contribution is 2.45. The van der Waals surface area contributed by atoms with E-state index in [1.54, 1.807) is 18.2 Å². The van der Waals surface area contributed by atoms with Crippen LogP contribution in [-0.4, -0.2) is 29.4 Å². The maximum absolute atomic E-state index is 13.4. The lowest BCUT2D eigenvalue weighted by Crippen LogP contribution is -2.54. The van der Waals surface area contributed by atoms with Crippen LogP contribution in [0.1, 0.15) is 74.8 Å². The predicted octanol–water partition coefficient (Wildman–Crippen LogP) is 5.78. The van der Waals surface area contributed by atoms with Crippen molar-refractivity contribution in [2.24, 2.45) is 0 Å². The fraction of sp³-hybridized carbons (Fsp3) is 0.414. The van der Waals surface area contributed by atoms with Crippen LogP contribution < -0.4 is 15.1 Å². The maximum atomic E-state index is 13.4. The lowest BCUT2D eigenvalue weighted by Gasteiger charge is -2.50. The van der Waals surface area contributed by atoms with Crippen molar-refractivity contribution in [2.75, 3.05) is 9.80 Å². The summed E-state index contributed by atoms with van der Waals surface area (Å²) in [5.41, 5.74) is 6.64. The van der Waals surface area contributed by atoms with Gasteiger partial charge < -0.3 is 4.90 Å². The molecule has 4 amide bonds. The molecule has 0 radical (unpaired) electrons. The quantitative estimate of drug-likeness (QED) is 0.453. The third-order valence-corrected chi connectivity index (χ3v) is 7.33. The topological polar surface area (TPSA) is 69.7 Å². The number of urea groups is 1. The van der Waals surface area contributed by atoms with E-state index in [0.717, 1.165) is 33.6 Å². The van der Waals surface area contributed by atoms with Crippen molar-refractivity contribution in [2.45, 2.75) is 79.3 Å². The van der Waals surface area contributed by atoms with E-state index in [1.165, 1.54) is 11.3 Å². The molecule has 6 heteroatoms. The van der Waals surface area contributed by atoms with Crippen LogP contribution in [0.3, 0.4) is 0 Å². The minimum atomic E-state index is -0.731. The van der Waals surface area contributed by atoms with E-state index in [-0.39, 0.29) is 11.1 Å². The average molecular weight is 474 g/mol. The number of nitrogens with zero attached hydrogens (tertiary/aromatic N) is 2. The zero-order chi connectivity index (χ0) is 25.8. The van der Waals surface area contributed by atoms with Gasteiger partial charge in [0.1, 0.15) is 5.57 Å². The van der Waals surface area contributed by atoms with Gasteiger partial charge in [0.15, 0.2) is 0 Å². The Hall–Kier alpha value is -3.41. The lowest BCUT2D eigenvalue weighted by atomic mass is 9.78. The Labute approximate surface area is 208 Å². The molecule has 184 valence electrons. The van der Waals surface area contributed by atoms with Crippen LogP contribution in [-0.2, 0) is 9.59 Å². The van der Waals surface area contributed by atoms with Crippen molar-refractivity contribution in [3.8, 4) is 0 Å². The number of hydrogen-bond acceptors (Lipinski definition) is 4. The van der Waals surface area contributed by atoms with Crippen LogP contribution >= 0.6 is 0 Å². The Balaban J connectivity index is 1.79. The molecule has 1 N–H and O–H groups in total. The summed E-state index contributed by atoms with van der Waals surface area (Å²) in [7, 11) is 0. The minimum Gasteiger partial charge on any atom is -0.364 e. The minimum absolute atomic E-state index is 0.0270. The molecule has 1 fully saturated rings. The molecule has 2 aliphatic heterocycles. The molecule has 6 nitrogen and oxygen atoms in total. The van der Waals surface area contributed by atoms with Gasteiger partial charge in [0.25, 0.3) is 11.8 Å². The SMILES string of the molecule is Cc1ccc(N2C(=O)NC(=O)/C(=C\c3cc4c(cc3C)N(C(C)C)C(C)(C)CC4C)C2=O)cc1C. The van der Waals surface area contributed by atoms with Crippen LogP contribution in [0.25, 0.3) is 6.08 Å². The van der Waals surface area contributed by atoms with Gasteiger partial charge in [-0.05, 0) is 119 Å². The van der Waals surface area contributed by atoms with Crippen LogP contribution in [0.5, 0.6) is 0 Å². The number of barbiturate groups is 1. The van der Waals surface area contributed by atoms with Crippen LogP contribution in [0, 0.1) is 20.8 Å². The molecule has 4 rings (SSSR count). The first-order valence-corrected chi connectivity index (χ1v) is 12.2. The van der Waals surface area contributed by atoms with E-state index >= 15 is 0 Å². The van der Waals surface area contributed by atoms with Crippen molar-refractivity contribution < 1.29 is 14.4 Å². The summed E-state index contributed by atoms with van der Waals surface area (Å²) in [6.45, 7) is 17.1. The van der Waals surface area contributed by atoms with E-state index < -0.39 is 17.8 Å². The van der Waals surface area contributed by atoms with Crippen LogP contribution in [0.4, 0.5) is 16.2 Å². The molecular weight excluding hydrogens is 438 g/mol. The second-order valence-corrected chi connectivity index (χ2v) is 10.9. The molecule has 2 aromatic rings. The van der Waals surface area contributed by atoms with Gasteiger partial charge in [-0.25, -0.2) is 9.69 Å². The number of benzene rings is 2. The highest BCUT2D eigenvalue weighted by Gasteiger charge is 2.39. The first-order chi connectivity index (χ1) is 16.3. The zero-order valence-electron chi connectivity index (χ0n) is 21.9. The summed E-state index contributed by atoms with van der Waals surface area (Å²) in [6.07, 6.45) is 2.63. The van der Waals surface area contributed by atoms with E-state index in [2.05, 4.69) is 57.0 Å². The van der Waals surface area contributed by atoms with Gasteiger partial charge in [-0.15, -0.1) is 0 Å². The number of imide groups is 2. The Morgan fingerprint density at radius 1 is 1.00 bits per heavy atom. The van der Waals surface area contributed by atoms with E-state index in [0.29, 0.717) is 17.6 Å². The van der Waals surface area contributed by atoms with Crippen molar-refractivity contribution in [3.05, 3.63) is 63.7 Å². The molecular formula is C29H35N3O3. The van der Waals surface area contributed by atoms with Gasteiger partial charge in [-0.2, -0.15) is 0 Å². The molecule has 0 saturated carbocycles. The van der Waals surface area contributed by atoms with E-state index in [1.807, 2.05) is 26.8 Å².